The number of ether oxygens (including phenoxy) is 1. The number of hydrogen-bond acceptors (Lipinski definition) is 1. The summed E-state index contributed by atoms with van der Waals surface area (Å²) in [7, 11) is 0. The zero-order valence-electron chi connectivity index (χ0n) is 10.6. The molecule has 0 radical (unpaired) electrons. The molecule has 3 heteroatoms. The van der Waals surface area contributed by atoms with E-state index in [1.54, 1.807) is 0 Å². The molecule has 0 aliphatic carbocycles. The van der Waals surface area contributed by atoms with Gasteiger partial charge in [0.15, 0.2) is 0 Å². The Morgan fingerprint density at radius 2 is 1.95 bits per heavy atom. The molecule has 3 aromatic rings. The van der Waals surface area contributed by atoms with Crippen LogP contribution in [0.5, 0.6) is 5.75 Å². The lowest BCUT2D eigenvalue weighted by molar-refractivity contribution is 0.309. The van der Waals surface area contributed by atoms with E-state index >= 15 is 0 Å². The molecule has 0 aliphatic rings. The van der Waals surface area contributed by atoms with Crippen LogP contribution in [0.2, 0.25) is 0 Å². The van der Waals surface area contributed by atoms with Crippen LogP contribution in [0, 0.1) is 6.92 Å². The molecule has 0 saturated carbocycles. The van der Waals surface area contributed by atoms with Gasteiger partial charge < -0.3 is 9.72 Å². The molecule has 0 unspecified atom stereocenters. The minimum absolute atomic E-state index is 0.579. The van der Waals surface area contributed by atoms with Gasteiger partial charge in [-0.05, 0) is 46.1 Å². The van der Waals surface area contributed by atoms with Gasteiger partial charge in [-0.3, -0.25) is 0 Å². The van der Waals surface area contributed by atoms with Gasteiger partial charge in [0.25, 0.3) is 0 Å². The second-order valence-electron chi connectivity index (χ2n) is 4.55. The molecule has 1 aromatic heterocycles. The molecule has 0 saturated heterocycles. The molecule has 0 bridgehead atoms. The number of fused-ring (bicyclic) bond motifs is 1. The van der Waals surface area contributed by atoms with Gasteiger partial charge >= 0.3 is 0 Å². The molecule has 0 aliphatic heterocycles. The Hall–Kier alpha value is -1.74. The lowest BCUT2D eigenvalue weighted by Crippen LogP contribution is -1.96. The van der Waals surface area contributed by atoms with E-state index in [0.717, 1.165) is 21.1 Å². The van der Waals surface area contributed by atoms with Crippen molar-refractivity contribution in [3.05, 3.63) is 64.3 Å². The molecule has 96 valence electrons. The van der Waals surface area contributed by atoms with Gasteiger partial charge in [-0.2, -0.15) is 0 Å². The monoisotopic (exact) mass is 315 g/mol. The van der Waals surface area contributed by atoms with Crippen molar-refractivity contribution in [3.63, 3.8) is 0 Å². The molecule has 0 fully saturated rings. The van der Waals surface area contributed by atoms with E-state index in [-0.39, 0.29) is 0 Å². The highest BCUT2D eigenvalue weighted by Crippen LogP contribution is 2.34. The molecule has 1 heterocycles. The van der Waals surface area contributed by atoms with Crippen molar-refractivity contribution >= 4 is 26.8 Å². The van der Waals surface area contributed by atoms with Crippen molar-refractivity contribution in [3.8, 4) is 5.75 Å². The first-order valence-electron chi connectivity index (χ1n) is 6.18. The third-order valence-corrected chi connectivity index (χ3v) is 4.21. The molecule has 0 atom stereocenters. The highest BCUT2D eigenvalue weighted by Gasteiger charge is 2.09. The molecule has 2 nitrogen and oxygen atoms in total. The van der Waals surface area contributed by atoms with E-state index < -0.39 is 0 Å². The predicted octanol–water partition coefficient (Wildman–Crippen LogP) is 4.82. The minimum atomic E-state index is 0.579. The van der Waals surface area contributed by atoms with Crippen molar-refractivity contribution in [1.29, 1.82) is 0 Å². The second-order valence-corrected chi connectivity index (χ2v) is 5.34. The molecule has 0 amide bonds. The Bertz CT molecular complexity index is 703. The minimum Gasteiger partial charge on any atom is -0.487 e. The fraction of sp³-hybridized carbons (Fsp3) is 0.125. The van der Waals surface area contributed by atoms with Gasteiger partial charge in [-0.15, -0.1) is 0 Å². The average Bonchev–Trinajstić information content (AvgIpc) is 2.92. The van der Waals surface area contributed by atoms with Crippen LogP contribution in [-0.4, -0.2) is 4.98 Å². The van der Waals surface area contributed by atoms with Crippen molar-refractivity contribution < 1.29 is 4.74 Å². The normalized spacial score (nSPS) is 10.8. The van der Waals surface area contributed by atoms with Crippen LogP contribution in [-0.2, 0) is 6.61 Å². The Balaban J connectivity index is 1.93. The first kappa shape index (κ1) is 12.3. The Morgan fingerprint density at radius 1 is 1.16 bits per heavy atom. The highest BCUT2D eigenvalue weighted by molar-refractivity contribution is 9.10. The van der Waals surface area contributed by atoms with E-state index in [1.807, 2.05) is 24.4 Å². The summed E-state index contributed by atoms with van der Waals surface area (Å²) >= 11 is 3.61. The Kier molecular flexibility index (Phi) is 3.30. The van der Waals surface area contributed by atoms with E-state index in [4.69, 9.17) is 4.74 Å². The molecule has 0 spiro atoms. The maximum Gasteiger partial charge on any atom is 0.144 e. The largest absolute Gasteiger partial charge is 0.487 e. The highest BCUT2D eigenvalue weighted by atomic mass is 79.9. The Morgan fingerprint density at radius 3 is 2.74 bits per heavy atom. The second kappa shape index (κ2) is 5.10. The van der Waals surface area contributed by atoms with E-state index in [9.17, 15) is 0 Å². The van der Waals surface area contributed by atoms with Gasteiger partial charge in [0.2, 0.25) is 0 Å². The van der Waals surface area contributed by atoms with Gasteiger partial charge in [0, 0.05) is 16.1 Å². The van der Waals surface area contributed by atoms with Crippen LogP contribution in [0.4, 0.5) is 0 Å². The molecule has 19 heavy (non-hydrogen) atoms. The van der Waals surface area contributed by atoms with Crippen molar-refractivity contribution in [2.24, 2.45) is 0 Å². The summed E-state index contributed by atoms with van der Waals surface area (Å²) in [5, 5.41) is 1.16. The third-order valence-electron chi connectivity index (χ3n) is 3.16. The van der Waals surface area contributed by atoms with Crippen LogP contribution >= 0.6 is 15.9 Å². The van der Waals surface area contributed by atoms with Crippen molar-refractivity contribution in [2.45, 2.75) is 13.5 Å². The zero-order chi connectivity index (χ0) is 13.2. The lowest BCUT2D eigenvalue weighted by Gasteiger charge is -2.10. The van der Waals surface area contributed by atoms with E-state index in [0.29, 0.717) is 6.61 Å². The summed E-state index contributed by atoms with van der Waals surface area (Å²) in [5.41, 5.74) is 3.38. The fourth-order valence-electron chi connectivity index (χ4n) is 2.15. The summed E-state index contributed by atoms with van der Waals surface area (Å²) in [6.45, 7) is 2.65. The number of rotatable bonds is 3. The standard InChI is InChI=1S/C16H14BrNO/c1-11-9-14(16-13(15(11)17)7-8-18-16)19-10-12-5-3-2-4-6-12/h2-9,18H,10H2,1H3. The average molecular weight is 316 g/mol. The van der Waals surface area contributed by atoms with Crippen LogP contribution < -0.4 is 4.74 Å². The number of aryl methyl sites for hydroxylation is 1. The summed E-state index contributed by atoms with van der Waals surface area (Å²) < 4.78 is 7.07. The smallest absolute Gasteiger partial charge is 0.144 e. The molecular formula is C16H14BrNO. The summed E-state index contributed by atoms with van der Waals surface area (Å²) in [6, 6.07) is 14.3. The van der Waals surface area contributed by atoms with E-state index in [2.05, 4.69) is 52.1 Å². The summed E-state index contributed by atoms with van der Waals surface area (Å²) in [4.78, 5) is 3.24. The topological polar surface area (TPSA) is 25.0 Å². The van der Waals surface area contributed by atoms with Gasteiger partial charge in [0.1, 0.15) is 12.4 Å². The number of benzene rings is 2. The van der Waals surface area contributed by atoms with Crippen LogP contribution in [0.1, 0.15) is 11.1 Å². The van der Waals surface area contributed by atoms with Crippen LogP contribution in [0.15, 0.2) is 53.1 Å². The molecule has 2 aromatic carbocycles. The zero-order valence-corrected chi connectivity index (χ0v) is 12.2. The number of halogens is 1. The maximum absolute atomic E-state index is 5.95. The number of hydrogen-bond donors (Lipinski definition) is 1. The van der Waals surface area contributed by atoms with E-state index in [1.165, 1.54) is 11.1 Å². The van der Waals surface area contributed by atoms with Gasteiger partial charge in [-0.25, -0.2) is 0 Å². The van der Waals surface area contributed by atoms with Crippen LogP contribution in [0.25, 0.3) is 10.9 Å². The number of aromatic nitrogens is 1. The SMILES string of the molecule is Cc1cc(OCc2ccccc2)c2[nH]ccc2c1Br. The fourth-order valence-corrected chi connectivity index (χ4v) is 2.59. The number of aromatic amines is 1. The van der Waals surface area contributed by atoms with Gasteiger partial charge in [-0.1, -0.05) is 30.3 Å². The summed E-state index contributed by atoms with van der Waals surface area (Å²) in [6.07, 6.45) is 1.93. The quantitative estimate of drug-likeness (QED) is 0.736. The maximum atomic E-state index is 5.95. The van der Waals surface area contributed by atoms with Crippen LogP contribution in [0.3, 0.4) is 0 Å². The third kappa shape index (κ3) is 2.38. The predicted molar refractivity (Wildman–Crippen MR) is 81.5 cm³/mol. The molecule has 1 N–H and O–H groups in total. The molecule has 3 rings (SSSR count). The first-order chi connectivity index (χ1) is 9.25. The molecular weight excluding hydrogens is 302 g/mol. The van der Waals surface area contributed by atoms with Crippen molar-refractivity contribution in [2.75, 3.05) is 0 Å². The van der Waals surface area contributed by atoms with Crippen molar-refractivity contribution in [1.82, 2.24) is 4.98 Å². The Labute approximate surface area is 120 Å². The number of nitrogens with one attached hydrogen (secondary N) is 1. The first-order valence-corrected chi connectivity index (χ1v) is 6.98. The summed E-state index contributed by atoms with van der Waals surface area (Å²) in [5.74, 6) is 0.893. The number of H-pyrrole nitrogens is 1. The lowest BCUT2D eigenvalue weighted by atomic mass is 10.1. The van der Waals surface area contributed by atoms with Gasteiger partial charge in [0.05, 0.1) is 5.52 Å².